The quantitative estimate of drug-likeness (QED) is 0.677. The highest BCUT2D eigenvalue weighted by Crippen LogP contribution is 2.43. The van der Waals surface area contributed by atoms with Gasteiger partial charge in [-0.15, -0.1) is 0 Å². The average Bonchev–Trinajstić information content (AvgIpc) is 2.62. The van der Waals surface area contributed by atoms with Crippen molar-refractivity contribution in [1.82, 2.24) is 4.90 Å². The Morgan fingerprint density at radius 2 is 2.03 bits per heavy atom. The van der Waals surface area contributed by atoms with Crippen LogP contribution in [0.1, 0.15) is 70.5 Å². The first-order chi connectivity index (χ1) is 14.3. The normalized spacial score (nSPS) is 20.8. The second-order valence-electron chi connectivity index (χ2n) is 9.12. The van der Waals surface area contributed by atoms with E-state index in [1.54, 1.807) is 20.8 Å². The molecule has 0 saturated heterocycles. The van der Waals surface area contributed by atoms with E-state index in [4.69, 9.17) is 15.2 Å². The lowest BCUT2D eigenvalue weighted by molar-refractivity contribution is -0.136. The third kappa shape index (κ3) is 5.83. The number of hydrogen-bond donors (Lipinski definition) is 1. The molecule has 6 nitrogen and oxygen atoms in total. The molecule has 1 aromatic carbocycles. The van der Waals surface area contributed by atoms with Crippen molar-refractivity contribution in [1.29, 1.82) is 0 Å². The van der Waals surface area contributed by atoms with Crippen LogP contribution in [-0.4, -0.2) is 41.3 Å². The van der Waals surface area contributed by atoms with Crippen molar-refractivity contribution in [2.45, 2.75) is 83.7 Å². The van der Waals surface area contributed by atoms with Crippen molar-refractivity contribution in [3.05, 3.63) is 23.3 Å². The van der Waals surface area contributed by atoms with Crippen LogP contribution in [0.3, 0.4) is 0 Å². The molecule has 0 bridgehead atoms. The number of halogens is 3. The number of amides is 1. The predicted octanol–water partition coefficient (Wildman–Crippen LogP) is 5.41. The van der Waals surface area contributed by atoms with Crippen LogP contribution < -0.4 is 10.5 Å². The second kappa shape index (κ2) is 8.59. The third-order valence-corrected chi connectivity index (χ3v) is 5.34. The molecule has 0 spiro atoms. The summed E-state index contributed by atoms with van der Waals surface area (Å²) in [5, 5.41) is 0. The number of carbonyl (C=O) groups is 1. The molecular formula is C22H30F3N3O3. The Hall–Kier alpha value is -2.45. The Kier molecular flexibility index (Phi) is 6.43. The first kappa shape index (κ1) is 23.2. The summed E-state index contributed by atoms with van der Waals surface area (Å²) in [6, 6.07) is 3.36. The monoisotopic (exact) mass is 441 g/mol. The number of rotatable bonds is 4. The van der Waals surface area contributed by atoms with E-state index in [0.29, 0.717) is 23.7 Å². The largest absolute Gasteiger partial charge is 0.481 e. The molecule has 2 aliphatic rings. The number of nitrogens with two attached hydrogens (primary N) is 1. The van der Waals surface area contributed by atoms with Crippen molar-refractivity contribution in [2.24, 2.45) is 10.7 Å². The zero-order chi connectivity index (χ0) is 23.0. The number of ether oxygens (including phenoxy) is 2. The van der Waals surface area contributed by atoms with Crippen LogP contribution in [0.15, 0.2) is 17.1 Å². The number of hydrogen-bond acceptors (Lipinski definition) is 5. The zero-order valence-corrected chi connectivity index (χ0v) is 18.4. The lowest BCUT2D eigenvalue weighted by Crippen LogP contribution is -2.41. The first-order valence-electron chi connectivity index (χ1n) is 10.6. The molecule has 1 amide bonds. The van der Waals surface area contributed by atoms with Crippen LogP contribution in [0.25, 0.3) is 0 Å². The van der Waals surface area contributed by atoms with Crippen molar-refractivity contribution in [3.63, 3.8) is 0 Å². The van der Waals surface area contributed by atoms with Gasteiger partial charge in [-0.1, -0.05) is 0 Å². The minimum atomic E-state index is -4.27. The molecule has 1 aliphatic heterocycles. The van der Waals surface area contributed by atoms with E-state index in [2.05, 4.69) is 4.99 Å². The highest BCUT2D eigenvalue weighted by Gasteiger charge is 2.35. The first-order valence-corrected chi connectivity index (χ1v) is 10.6. The van der Waals surface area contributed by atoms with Crippen molar-refractivity contribution in [3.8, 4) is 5.75 Å². The highest BCUT2D eigenvalue weighted by atomic mass is 19.4. The molecule has 9 heteroatoms. The van der Waals surface area contributed by atoms with Gasteiger partial charge < -0.3 is 20.1 Å². The van der Waals surface area contributed by atoms with Gasteiger partial charge in [-0.05, 0) is 76.6 Å². The third-order valence-electron chi connectivity index (χ3n) is 5.34. The molecule has 2 N–H and O–H groups in total. The minimum absolute atomic E-state index is 0.0471. The van der Waals surface area contributed by atoms with E-state index < -0.39 is 30.3 Å². The Balaban J connectivity index is 1.93. The molecule has 0 radical (unpaired) electrons. The van der Waals surface area contributed by atoms with Gasteiger partial charge in [0.2, 0.25) is 0 Å². The summed E-state index contributed by atoms with van der Waals surface area (Å²) in [6.07, 6.45) is -4.13. The Labute approximate surface area is 180 Å². The summed E-state index contributed by atoms with van der Waals surface area (Å²) in [5.41, 5.74) is 7.60. The second-order valence-corrected chi connectivity index (χ2v) is 9.12. The maximum Gasteiger partial charge on any atom is 0.410 e. The molecule has 172 valence electrons. The number of alkyl halides is 3. The topological polar surface area (TPSA) is 77.2 Å². The maximum absolute atomic E-state index is 13.0. The van der Waals surface area contributed by atoms with Crippen LogP contribution in [0.2, 0.25) is 0 Å². The summed E-state index contributed by atoms with van der Waals surface area (Å²) < 4.78 is 49.6. The Morgan fingerprint density at radius 3 is 2.68 bits per heavy atom. The summed E-state index contributed by atoms with van der Waals surface area (Å²) >= 11 is 0. The van der Waals surface area contributed by atoms with E-state index in [1.807, 2.05) is 19.1 Å². The molecular weight excluding hydrogens is 411 g/mol. The fraction of sp³-hybridized carbons (Fsp3) is 0.636. The van der Waals surface area contributed by atoms with Crippen LogP contribution in [0.4, 0.5) is 23.7 Å². The van der Waals surface area contributed by atoms with Crippen molar-refractivity contribution >= 4 is 17.6 Å². The van der Waals surface area contributed by atoms with Gasteiger partial charge in [0.25, 0.3) is 0 Å². The molecule has 0 unspecified atom stereocenters. The number of aryl methyl sites for hydroxylation is 1. The van der Waals surface area contributed by atoms with E-state index in [9.17, 15) is 18.0 Å². The highest BCUT2D eigenvalue weighted by molar-refractivity contribution is 5.90. The van der Waals surface area contributed by atoms with Gasteiger partial charge in [-0.2, -0.15) is 13.2 Å². The Bertz CT molecular complexity index is 862. The number of amidine groups is 1. The summed E-state index contributed by atoms with van der Waals surface area (Å²) in [5.74, 6) is 0.982. The van der Waals surface area contributed by atoms with Crippen LogP contribution in [-0.2, 0) is 11.2 Å². The fourth-order valence-corrected chi connectivity index (χ4v) is 3.93. The lowest BCUT2D eigenvalue weighted by atomic mass is 9.86. The summed E-state index contributed by atoms with van der Waals surface area (Å²) in [7, 11) is 0. The minimum Gasteiger partial charge on any atom is -0.481 e. The van der Waals surface area contributed by atoms with E-state index in [1.165, 1.54) is 4.90 Å². The predicted molar refractivity (Wildman–Crippen MR) is 112 cm³/mol. The molecule has 1 heterocycles. The molecule has 0 fully saturated rings. The SMILES string of the molecule is C[C@H]1Oc2cc3c(cc2N=C1N)[C@H](N(CCCC(F)(F)F)C(=O)OC(C)(C)C)CCC3. The molecule has 1 aromatic rings. The van der Waals surface area contributed by atoms with Crippen LogP contribution >= 0.6 is 0 Å². The number of benzene rings is 1. The number of aliphatic imine (C=N–C) groups is 1. The molecule has 31 heavy (non-hydrogen) atoms. The number of fused-ring (bicyclic) bond motifs is 2. The van der Waals surface area contributed by atoms with Gasteiger partial charge in [-0.25, -0.2) is 9.79 Å². The van der Waals surface area contributed by atoms with Crippen LogP contribution in [0, 0.1) is 0 Å². The molecule has 0 aromatic heterocycles. The van der Waals surface area contributed by atoms with E-state index >= 15 is 0 Å². The van der Waals surface area contributed by atoms with Gasteiger partial charge >= 0.3 is 12.3 Å². The smallest absolute Gasteiger partial charge is 0.410 e. The standard InChI is InChI=1S/C22H30F3N3O3/c1-13-19(26)27-16-12-15-14(11-18(16)30-13)7-5-8-17(15)28(10-6-9-22(23,24)25)20(29)31-21(2,3)4/h11-13,17H,5-10H2,1-4H3,(H2,26,27)/t13-,17-/m1/s1. The van der Waals surface area contributed by atoms with Gasteiger partial charge in [0, 0.05) is 13.0 Å². The average molecular weight is 441 g/mol. The van der Waals surface area contributed by atoms with Gasteiger partial charge in [0.15, 0.2) is 6.10 Å². The molecule has 1 aliphatic carbocycles. The number of nitrogens with zero attached hydrogens (tertiary/aromatic N) is 2. The van der Waals surface area contributed by atoms with E-state index in [-0.39, 0.29) is 19.1 Å². The van der Waals surface area contributed by atoms with Crippen molar-refractivity contribution in [2.75, 3.05) is 6.54 Å². The van der Waals surface area contributed by atoms with Gasteiger partial charge in [0.1, 0.15) is 22.9 Å². The van der Waals surface area contributed by atoms with Crippen LogP contribution in [0.5, 0.6) is 5.75 Å². The zero-order valence-electron chi connectivity index (χ0n) is 18.4. The summed E-state index contributed by atoms with van der Waals surface area (Å²) in [6.45, 7) is 6.98. The van der Waals surface area contributed by atoms with Gasteiger partial charge in [-0.3, -0.25) is 0 Å². The van der Waals surface area contributed by atoms with Gasteiger partial charge in [0.05, 0.1) is 6.04 Å². The molecule has 3 rings (SSSR count). The Morgan fingerprint density at radius 1 is 1.32 bits per heavy atom. The van der Waals surface area contributed by atoms with E-state index in [0.717, 1.165) is 24.0 Å². The fourth-order valence-electron chi connectivity index (χ4n) is 3.93. The lowest BCUT2D eigenvalue weighted by Gasteiger charge is -2.37. The molecule has 0 saturated carbocycles. The summed E-state index contributed by atoms with van der Waals surface area (Å²) in [4.78, 5) is 18.8. The molecule has 2 atom stereocenters. The maximum atomic E-state index is 13.0. The van der Waals surface area contributed by atoms with Crippen molar-refractivity contribution < 1.29 is 27.4 Å². The number of carbonyl (C=O) groups excluding carboxylic acids is 1.